The van der Waals surface area contributed by atoms with Crippen molar-refractivity contribution in [2.24, 2.45) is 0 Å². The molecule has 2 aromatic rings. The molecular weight excluding hydrogens is 530 g/mol. The van der Waals surface area contributed by atoms with Gasteiger partial charge in [-0.1, -0.05) is 0 Å². The van der Waals surface area contributed by atoms with E-state index in [9.17, 15) is 0 Å². The molecule has 2 aromatic carbocycles. The molecule has 0 spiro atoms. The van der Waals surface area contributed by atoms with Crippen LogP contribution in [0, 0.1) is 13.1 Å². The minimum absolute atomic E-state index is 0.0380. The summed E-state index contributed by atoms with van der Waals surface area (Å²) in [7, 11) is 0. The maximum atomic E-state index is 4.27. The molecule has 1 aliphatic carbocycles. The molecule has 1 heterocycles. The molecule has 0 aromatic heterocycles. The van der Waals surface area contributed by atoms with Crippen molar-refractivity contribution in [2.75, 3.05) is 25.6 Å². The summed E-state index contributed by atoms with van der Waals surface area (Å²) in [6.45, 7) is 8.80. The fourth-order valence-electron chi connectivity index (χ4n) is 4.02. The number of rotatable bonds is 7. The third-order valence-electron chi connectivity index (χ3n) is 5.58. The Morgan fingerprint density at radius 3 is 2.33 bits per heavy atom. The molecular formula is C28H34N2RuS2-2. The fourth-order valence-corrected chi connectivity index (χ4v) is 6.52. The molecule has 4 rings (SSSR count). The summed E-state index contributed by atoms with van der Waals surface area (Å²) in [6, 6.07) is 15.4. The van der Waals surface area contributed by atoms with Gasteiger partial charge in [-0.05, 0) is 25.6 Å². The second-order valence-electron chi connectivity index (χ2n) is 7.76. The molecule has 1 saturated heterocycles. The van der Waals surface area contributed by atoms with Gasteiger partial charge in [-0.2, -0.15) is 6.67 Å². The molecule has 0 unspecified atom stereocenters. The Balaban J connectivity index is 0.000000286. The van der Waals surface area contributed by atoms with Crippen molar-refractivity contribution in [3.05, 3.63) is 83.5 Å². The number of hydrogen-bond acceptors (Lipinski definition) is 4. The molecule has 33 heavy (non-hydrogen) atoms. The number of fused-ring (bicyclic) bond motifs is 3. The third-order valence-corrected chi connectivity index (χ3v) is 8.59. The minimum atomic E-state index is -0.0380. The van der Waals surface area contributed by atoms with Crippen molar-refractivity contribution in [1.29, 1.82) is 0 Å². The average Bonchev–Trinajstić information content (AvgIpc) is 3.45. The molecule has 0 amide bonds. The van der Waals surface area contributed by atoms with Crippen LogP contribution in [0.5, 0.6) is 0 Å². The van der Waals surface area contributed by atoms with E-state index in [4.69, 9.17) is 0 Å². The molecule has 5 heteroatoms. The van der Waals surface area contributed by atoms with Gasteiger partial charge in [-0.3, -0.25) is 0 Å². The van der Waals surface area contributed by atoms with Crippen LogP contribution in [0.25, 0.3) is 17.2 Å². The Morgan fingerprint density at radius 1 is 1.09 bits per heavy atom. The first-order valence-electron chi connectivity index (χ1n) is 11.3. The SMILES string of the molecule is CSN1[CH-]N(SC)CC1.[CH2]=[Ru]=[C]1c2ccccc2-c2cccc(C=C=C(C[CH-]C)CCC)c21. The zero-order valence-electron chi connectivity index (χ0n) is 20.1. The second-order valence-corrected chi connectivity index (χ2v) is 10.9. The van der Waals surface area contributed by atoms with Crippen molar-refractivity contribution in [1.82, 2.24) is 8.61 Å². The average molecular weight is 564 g/mol. The number of benzene rings is 2. The van der Waals surface area contributed by atoms with E-state index < -0.39 is 0 Å². The van der Waals surface area contributed by atoms with Crippen LogP contribution in [0.3, 0.4) is 0 Å². The first-order valence-corrected chi connectivity index (χ1v) is 15.8. The quantitative estimate of drug-likeness (QED) is 0.132. The van der Waals surface area contributed by atoms with Gasteiger partial charge in [0.05, 0.1) is 0 Å². The third kappa shape index (κ3) is 6.76. The van der Waals surface area contributed by atoms with Crippen molar-refractivity contribution in [2.45, 2.75) is 33.1 Å². The monoisotopic (exact) mass is 564 g/mol. The van der Waals surface area contributed by atoms with Crippen LogP contribution in [0.2, 0.25) is 0 Å². The van der Waals surface area contributed by atoms with E-state index in [1.807, 2.05) is 0 Å². The van der Waals surface area contributed by atoms with Gasteiger partial charge in [0.25, 0.3) is 0 Å². The van der Waals surface area contributed by atoms with Crippen LogP contribution < -0.4 is 0 Å². The standard InChI is InChI=1S/C22H21.C5H11N2S2.CH2.Ru/c1-3-8-17(9-4-2)14-15-18-11-7-13-21-20-12-6-5-10-19(20)16-22(18)21;1-8-6-3-4-7(5-6)9-2;;/h3,5-7,10-13,15H,4,8-9H2,1-2H3;5H,3-4H2,1-2H3;1H2;/q2*-1;;. The van der Waals surface area contributed by atoms with E-state index in [0.717, 1.165) is 25.9 Å². The first-order chi connectivity index (χ1) is 16.2. The van der Waals surface area contributed by atoms with E-state index >= 15 is 0 Å². The zero-order valence-corrected chi connectivity index (χ0v) is 23.5. The molecule has 2 aliphatic rings. The Morgan fingerprint density at radius 2 is 1.76 bits per heavy atom. The summed E-state index contributed by atoms with van der Waals surface area (Å²) >= 11 is 3.51. The number of allylic oxidation sites excluding steroid dienone is 1. The molecule has 0 atom stereocenters. The fraction of sp³-hybridized carbons (Fsp3) is 0.321. The van der Waals surface area contributed by atoms with Crippen molar-refractivity contribution < 1.29 is 16.2 Å². The van der Waals surface area contributed by atoms with Crippen LogP contribution in [0.4, 0.5) is 0 Å². The van der Waals surface area contributed by atoms with Gasteiger partial charge < -0.3 is 8.61 Å². The molecule has 2 nitrogen and oxygen atoms in total. The Bertz CT molecular complexity index is 1050. The number of nitrogens with zero attached hydrogens (tertiary/aromatic N) is 2. The molecule has 1 fully saturated rings. The van der Waals surface area contributed by atoms with E-state index in [0.29, 0.717) is 0 Å². The summed E-state index contributed by atoms with van der Waals surface area (Å²) in [5, 5.41) is 4.27. The zero-order chi connectivity index (χ0) is 23.6. The molecule has 178 valence electrons. The maximum absolute atomic E-state index is 4.27. The topological polar surface area (TPSA) is 6.48 Å². The van der Waals surface area contributed by atoms with Gasteiger partial charge in [0.2, 0.25) is 0 Å². The molecule has 0 N–H and O–H groups in total. The van der Waals surface area contributed by atoms with Crippen molar-refractivity contribution in [3.8, 4) is 11.1 Å². The van der Waals surface area contributed by atoms with Gasteiger partial charge in [0.15, 0.2) is 0 Å². The van der Waals surface area contributed by atoms with Crippen LogP contribution in [0.15, 0.2) is 53.8 Å². The summed E-state index contributed by atoms with van der Waals surface area (Å²) in [5.74, 6) is 0. The normalized spacial score (nSPS) is 14.8. The van der Waals surface area contributed by atoms with E-state index in [-0.39, 0.29) is 16.2 Å². The Hall–Kier alpha value is -1.06. The summed E-state index contributed by atoms with van der Waals surface area (Å²) < 4.78 is 5.91. The second kappa shape index (κ2) is 13.7. The molecule has 1 aliphatic heterocycles. The van der Waals surface area contributed by atoms with Gasteiger partial charge in [-0.25, -0.2) is 0 Å². The van der Waals surface area contributed by atoms with Gasteiger partial charge in [0.1, 0.15) is 0 Å². The van der Waals surface area contributed by atoms with Gasteiger partial charge in [-0.15, -0.1) is 23.9 Å². The molecule has 0 saturated carbocycles. The molecule has 0 radical (unpaired) electrons. The van der Waals surface area contributed by atoms with Gasteiger partial charge in [0, 0.05) is 0 Å². The van der Waals surface area contributed by atoms with E-state index in [2.05, 4.69) is 107 Å². The summed E-state index contributed by atoms with van der Waals surface area (Å²) in [4.78, 5) is 0. The van der Waals surface area contributed by atoms with Gasteiger partial charge >= 0.3 is 153 Å². The predicted octanol–water partition coefficient (Wildman–Crippen LogP) is 6.98. The van der Waals surface area contributed by atoms with E-state index in [1.54, 1.807) is 23.9 Å². The van der Waals surface area contributed by atoms with Crippen LogP contribution in [-0.4, -0.2) is 43.4 Å². The predicted molar refractivity (Wildman–Crippen MR) is 148 cm³/mol. The van der Waals surface area contributed by atoms with Crippen LogP contribution in [0.1, 0.15) is 49.8 Å². The number of hydrogen-bond donors (Lipinski definition) is 0. The van der Waals surface area contributed by atoms with Crippen LogP contribution in [-0.2, 0) is 16.2 Å². The molecule has 0 bridgehead atoms. The Kier molecular flexibility index (Phi) is 11.0. The van der Waals surface area contributed by atoms with Crippen LogP contribution >= 0.6 is 23.9 Å². The summed E-state index contributed by atoms with van der Waals surface area (Å²) in [5.41, 5.74) is 11.7. The van der Waals surface area contributed by atoms with Crippen molar-refractivity contribution >= 4 is 39.2 Å². The van der Waals surface area contributed by atoms with Crippen molar-refractivity contribution in [3.63, 3.8) is 0 Å². The van der Waals surface area contributed by atoms with E-state index in [1.165, 1.54) is 43.9 Å². The Labute approximate surface area is 216 Å². The first kappa shape index (κ1) is 26.5. The summed E-state index contributed by atoms with van der Waals surface area (Å²) in [6.07, 6.45) is 11.9.